The van der Waals surface area contributed by atoms with Crippen LogP contribution in [-0.2, 0) is 4.79 Å². The molecule has 0 saturated carbocycles. The van der Waals surface area contributed by atoms with Crippen molar-refractivity contribution in [3.05, 3.63) is 0 Å². The molecule has 0 aromatic carbocycles. The Hall–Kier alpha value is -0.650. The van der Waals surface area contributed by atoms with Gasteiger partial charge in [0.2, 0.25) is 5.91 Å². The first-order valence-corrected chi connectivity index (χ1v) is 6.96. The Morgan fingerprint density at radius 2 is 2.17 bits per heavy atom. The molecule has 1 aliphatic rings. The Labute approximate surface area is 110 Å². The molecule has 0 aromatic heterocycles. The number of likely N-dealkylation sites (tertiary alicyclic amines) is 1. The molecular formula is C13H27N3O2. The first-order chi connectivity index (χ1) is 8.65. The van der Waals surface area contributed by atoms with Gasteiger partial charge < -0.3 is 15.7 Å². The number of rotatable bonds is 7. The fraction of sp³-hybridized carbons (Fsp3) is 0.923. The van der Waals surface area contributed by atoms with Crippen molar-refractivity contribution in [1.82, 2.24) is 15.5 Å². The molecule has 1 saturated heterocycles. The lowest BCUT2D eigenvalue weighted by Crippen LogP contribution is -2.51. The highest BCUT2D eigenvalue weighted by atomic mass is 16.3. The van der Waals surface area contributed by atoms with Crippen LogP contribution in [0.4, 0.5) is 0 Å². The minimum atomic E-state index is 0.0361. The van der Waals surface area contributed by atoms with Crippen molar-refractivity contribution < 1.29 is 9.90 Å². The first-order valence-electron chi connectivity index (χ1n) is 6.96. The summed E-state index contributed by atoms with van der Waals surface area (Å²) < 4.78 is 0. The molecule has 106 valence electrons. The number of hydrogen-bond donors (Lipinski definition) is 3. The van der Waals surface area contributed by atoms with Gasteiger partial charge in [-0.05, 0) is 12.3 Å². The lowest BCUT2D eigenvalue weighted by molar-refractivity contribution is -0.119. The van der Waals surface area contributed by atoms with Gasteiger partial charge in [0, 0.05) is 45.7 Å². The summed E-state index contributed by atoms with van der Waals surface area (Å²) >= 11 is 0. The Morgan fingerprint density at radius 1 is 1.39 bits per heavy atom. The summed E-state index contributed by atoms with van der Waals surface area (Å²) in [4.78, 5) is 13.2. The summed E-state index contributed by atoms with van der Waals surface area (Å²) in [7, 11) is 0. The second kappa shape index (κ2) is 8.45. The number of aliphatic hydroxyl groups excluding tert-OH is 1. The second-order valence-corrected chi connectivity index (χ2v) is 5.13. The quantitative estimate of drug-likeness (QED) is 0.591. The number of nitrogens with one attached hydrogen (secondary N) is 2. The molecule has 0 aromatic rings. The molecule has 0 spiro atoms. The minimum Gasteiger partial charge on any atom is -0.395 e. The lowest BCUT2D eigenvalue weighted by Gasteiger charge is -2.38. The van der Waals surface area contributed by atoms with E-state index in [-0.39, 0.29) is 12.5 Å². The fourth-order valence-corrected chi connectivity index (χ4v) is 2.59. The first kappa shape index (κ1) is 15.4. The predicted octanol–water partition coefficient (Wildman–Crippen LogP) is -0.195. The SMILES string of the molecule is CCC1CC(NCCO)CN(CCNC(C)=O)C1. The van der Waals surface area contributed by atoms with Crippen LogP contribution in [0.1, 0.15) is 26.7 Å². The monoisotopic (exact) mass is 257 g/mol. The van der Waals surface area contributed by atoms with Gasteiger partial charge in [0.25, 0.3) is 0 Å². The van der Waals surface area contributed by atoms with Gasteiger partial charge in [-0.1, -0.05) is 13.3 Å². The molecule has 0 bridgehead atoms. The van der Waals surface area contributed by atoms with Crippen molar-refractivity contribution in [3.8, 4) is 0 Å². The van der Waals surface area contributed by atoms with Gasteiger partial charge in [0.1, 0.15) is 0 Å². The molecule has 0 aliphatic carbocycles. The van der Waals surface area contributed by atoms with Crippen molar-refractivity contribution in [3.63, 3.8) is 0 Å². The van der Waals surface area contributed by atoms with Crippen LogP contribution in [-0.4, -0.2) is 61.3 Å². The van der Waals surface area contributed by atoms with Crippen LogP contribution in [0.2, 0.25) is 0 Å². The van der Waals surface area contributed by atoms with Crippen LogP contribution in [0.15, 0.2) is 0 Å². The molecule has 1 fully saturated rings. The number of nitrogens with zero attached hydrogens (tertiary/aromatic N) is 1. The average Bonchev–Trinajstić information content (AvgIpc) is 2.35. The van der Waals surface area contributed by atoms with Crippen molar-refractivity contribution in [2.75, 3.05) is 39.3 Å². The van der Waals surface area contributed by atoms with E-state index in [1.165, 1.54) is 12.8 Å². The van der Waals surface area contributed by atoms with Crippen LogP contribution >= 0.6 is 0 Å². The Balaban J connectivity index is 2.33. The normalized spacial score (nSPS) is 25.1. The lowest BCUT2D eigenvalue weighted by atomic mass is 9.92. The van der Waals surface area contributed by atoms with Gasteiger partial charge in [-0.3, -0.25) is 9.69 Å². The third-order valence-corrected chi connectivity index (χ3v) is 3.54. The van der Waals surface area contributed by atoms with E-state index >= 15 is 0 Å². The summed E-state index contributed by atoms with van der Waals surface area (Å²) in [6.45, 7) is 8.40. The molecule has 1 aliphatic heterocycles. The topological polar surface area (TPSA) is 64.6 Å². The summed E-state index contributed by atoms with van der Waals surface area (Å²) in [6.07, 6.45) is 2.38. The van der Waals surface area contributed by atoms with Crippen LogP contribution in [0.3, 0.4) is 0 Å². The van der Waals surface area contributed by atoms with Crippen molar-refractivity contribution in [2.45, 2.75) is 32.7 Å². The Bertz CT molecular complexity index is 248. The zero-order chi connectivity index (χ0) is 13.4. The van der Waals surface area contributed by atoms with Gasteiger partial charge in [0.05, 0.1) is 6.61 Å². The summed E-state index contributed by atoms with van der Waals surface area (Å²) in [5, 5.41) is 15.1. The molecular weight excluding hydrogens is 230 g/mol. The molecule has 0 radical (unpaired) electrons. The smallest absolute Gasteiger partial charge is 0.216 e. The standard InChI is InChI=1S/C13H27N3O2/c1-3-12-8-13(15-5-7-17)10-16(9-12)6-4-14-11(2)18/h12-13,15,17H,3-10H2,1-2H3,(H,14,18). The fourth-order valence-electron chi connectivity index (χ4n) is 2.59. The highest BCUT2D eigenvalue weighted by Crippen LogP contribution is 2.19. The van der Waals surface area contributed by atoms with E-state index in [4.69, 9.17) is 5.11 Å². The number of amides is 1. The summed E-state index contributed by atoms with van der Waals surface area (Å²) in [6, 6.07) is 0.466. The van der Waals surface area contributed by atoms with Crippen molar-refractivity contribution in [2.24, 2.45) is 5.92 Å². The molecule has 5 heteroatoms. The average molecular weight is 257 g/mol. The van der Waals surface area contributed by atoms with E-state index in [1.54, 1.807) is 6.92 Å². The third kappa shape index (κ3) is 5.80. The van der Waals surface area contributed by atoms with E-state index in [0.717, 1.165) is 26.2 Å². The highest BCUT2D eigenvalue weighted by molar-refractivity contribution is 5.72. The molecule has 1 rings (SSSR count). The second-order valence-electron chi connectivity index (χ2n) is 5.13. The number of piperidine rings is 1. The number of hydrogen-bond acceptors (Lipinski definition) is 4. The van der Waals surface area contributed by atoms with E-state index in [9.17, 15) is 4.79 Å². The van der Waals surface area contributed by atoms with E-state index < -0.39 is 0 Å². The maximum Gasteiger partial charge on any atom is 0.216 e. The summed E-state index contributed by atoms with van der Waals surface area (Å²) in [5.74, 6) is 0.751. The summed E-state index contributed by atoms with van der Waals surface area (Å²) in [5.41, 5.74) is 0. The van der Waals surface area contributed by atoms with Crippen LogP contribution in [0.25, 0.3) is 0 Å². The largest absolute Gasteiger partial charge is 0.395 e. The number of aliphatic hydroxyl groups is 1. The maximum absolute atomic E-state index is 10.8. The van der Waals surface area contributed by atoms with E-state index in [1.807, 2.05) is 0 Å². The van der Waals surface area contributed by atoms with Gasteiger partial charge in [-0.2, -0.15) is 0 Å². The molecule has 2 unspecified atom stereocenters. The highest BCUT2D eigenvalue weighted by Gasteiger charge is 2.25. The Kier molecular flexibility index (Phi) is 7.23. The number of carbonyl (C=O) groups is 1. The van der Waals surface area contributed by atoms with Gasteiger partial charge >= 0.3 is 0 Å². The van der Waals surface area contributed by atoms with E-state index in [0.29, 0.717) is 18.5 Å². The molecule has 18 heavy (non-hydrogen) atoms. The molecule has 3 N–H and O–H groups in total. The van der Waals surface area contributed by atoms with Gasteiger partial charge in [-0.15, -0.1) is 0 Å². The third-order valence-electron chi connectivity index (χ3n) is 3.54. The maximum atomic E-state index is 10.8. The zero-order valence-electron chi connectivity index (χ0n) is 11.6. The molecule has 1 heterocycles. The Morgan fingerprint density at radius 3 is 2.78 bits per heavy atom. The van der Waals surface area contributed by atoms with E-state index in [2.05, 4.69) is 22.5 Å². The van der Waals surface area contributed by atoms with Crippen LogP contribution in [0, 0.1) is 5.92 Å². The zero-order valence-corrected chi connectivity index (χ0v) is 11.6. The molecule has 5 nitrogen and oxygen atoms in total. The van der Waals surface area contributed by atoms with Crippen LogP contribution in [0.5, 0.6) is 0 Å². The molecule has 1 amide bonds. The van der Waals surface area contributed by atoms with Crippen molar-refractivity contribution in [1.29, 1.82) is 0 Å². The van der Waals surface area contributed by atoms with Crippen LogP contribution < -0.4 is 10.6 Å². The van der Waals surface area contributed by atoms with Gasteiger partial charge in [-0.25, -0.2) is 0 Å². The minimum absolute atomic E-state index is 0.0361. The van der Waals surface area contributed by atoms with Crippen molar-refractivity contribution >= 4 is 5.91 Å². The molecule has 2 atom stereocenters. The predicted molar refractivity (Wildman–Crippen MR) is 72.4 cm³/mol. The number of carbonyl (C=O) groups excluding carboxylic acids is 1. The van der Waals surface area contributed by atoms with Gasteiger partial charge in [0.15, 0.2) is 0 Å².